The van der Waals surface area contributed by atoms with Gasteiger partial charge in [0.1, 0.15) is 6.21 Å². The van der Waals surface area contributed by atoms with Gasteiger partial charge in [0.2, 0.25) is 5.66 Å². The van der Waals surface area contributed by atoms with Crippen LogP contribution in [-0.4, -0.2) is 39.7 Å². The highest BCUT2D eigenvalue weighted by molar-refractivity contribution is 6.26. The number of aliphatic imine (C=N–C) groups is 2. The highest BCUT2D eigenvalue weighted by Gasteiger charge is 2.37. The number of aliphatic hydroxyl groups excluding tert-OH is 1. The Morgan fingerprint density at radius 3 is 2.93 bits per heavy atom. The molecule has 1 aliphatic rings. The average molecular weight is 220 g/mol. The number of aliphatic hydroxyl groups is 1. The standard InChI is InChI=1S/C7H10ClN3O3/c1-7(2-5(12)3-8)9-4-6(10-7)11(13)14/h4-5,12H,2-3H2,1H3/t5?,7-/m0/s1. The molecule has 0 bridgehead atoms. The predicted molar refractivity (Wildman–Crippen MR) is 52.7 cm³/mol. The van der Waals surface area contributed by atoms with Crippen molar-refractivity contribution in [2.24, 2.45) is 9.98 Å². The summed E-state index contributed by atoms with van der Waals surface area (Å²) in [5.74, 6) is -0.219. The van der Waals surface area contributed by atoms with E-state index >= 15 is 0 Å². The molecule has 14 heavy (non-hydrogen) atoms. The van der Waals surface area contributed by atoms with E-state index in [0.29, 0.717) is 0 Å². The molecule has 0 aromatic carbocycles. The minimum absolute atomic E-state index is 0.0639. The Labute approximate surface area is 85.5 Å². The van der Waals surface area contributed by atoms with Gasteiger partial charge in [-0.3, -0.25) is 0 Å². The number of rotatable bonds is 3. The number of alkyl halides is 1. The SMILES string of the molecule is C[C@]1(CC(O)CCl)N=CC([N+](=O)[O-])=N1. The lowest BCUT2D eigenvalue weighted by molar-refractivity contribution is -0.345. The van der Waals surface area contributed by atoms with E-state index in [1.807, 2.05) is 0 Å². The molecule has 0 amide bonds. The third kappa shape index (κ3) is 2.49. The van der Waals surface area contributed by atoms with E-state index in [0.717, 1.165) is 6.21 Å². The number of hydrogen-bond donors (Lipinski definition) is 1. The van der Waals surface area contributed by atoms with Gasteiger partial charge in [-0.2, -0.15) is 0 Å². The lowest BCUT2D eigenvalue weighted by Gasteiger charge is -2.14. The fraction of sp³-hybridized carbons (Fsp3) is 0.714. The Bertz CT molecular complexity index is 305. The zero-order chi connectivity index (χ0) is 10.8. The summed E-state index contributed by atoms with van der Waals surface area (Å²) < 4.78 is 0. The molecular formula is C7H10ClN3O3. The van der Waals surface area contributed by atoms with Crippen LogP contribution in [0.15, 0.2) is 9.98 Å². The molecule has 0 radical (unpaired) electrons. The molecule has 0 spiro atoms. The van der Waals surface area contributed by atoms with Crippen molar-refractivity contribution in [2.75, 3.05) is 5.88 Å². The lowest BCUT2D eigenvalue weighted by atomic mass is 10.1. The van der Waals surface area contributed by atoms with E-state index in [1.54, 1.807) is 6.92 Å². The van der Waals surface area contributed by atoms with Crippen molar-refractivity contribution < 1.29 is 10.0 Å². The summed E-state index contributed by atoms with van der Waals surface area (Å²) in [5.41, 5.74) is -0.948. The summed E-state index contributed by atoms with van der Waals surface area (Å²) in [5, 5.41) is 19.6. The second-order valence-electron chi connectivity index (χ2n) is 3.21. The smallest absolute Gasteiger partial charge is 0.378 e. The molecule has 0 aliphatic carbocycles. The van der Waals surface area contributed by atoms with E-state index in [2.05, 4.69) is 9.98 Å². The van der Waals surface area contributed by atoms with Gasteiger partial charge >= 0.3 is 5.84 Å². The summed E-state index contributed by atoms with van der Waals surface area (Å²) in [6.45, 7) is 1.61. The molecule has 7 heteroatoms. The zero-order valence-corrected chi connectivity index (χ0v) is 8.31. The lowest BCUT2D eigenvalue weighted by Crippen LogP contribution is -2.26. The van der Waals surface area contributed by atoms with Crippen molar-refractivity contribution in [3.63, 3.8) is 0 Å². The molecule has 0 saturated carbocycles. The molecule has 1 N–H and O–H groups in total. The summed E-state index contributed by atoms with van der Waals surface area (Å²) in [4.78, 5) is 17.4. The second kappa shape index (κ2) is 4.02. The molecule has 0 aromatic heterocycles. The minimum atomic E-state index is -0.948. The molecule has 0 fully saturated rings. The Balaban J connectivity index is 2.71. The molecule has 78 valence electrons. The van der Waals surface area contributed by atoms with Gasteiger partial charge in [-0.05, 0) is 9.92 Å². The number of nitrogens with zero attached hydrogens (tertiary/aromatic N) is 3. The summed E-state index contributed by atoms with van der Waals surface area (Å²) in [6, 6.07) is 0. The van der Waals surface area contributed by atoms with E-state index in [9.17, 15) is 15.2 Å². The molecular weight excluding hydrogens is 210 g/mol. The molecule has 1 heterocycles. The fourth-order valence-electron chi connectivity index (χ4n) is 1.19. The van der Waals surface area contributed by atoms with Gasteiger partial charge in [-0.25, -0.2) is 4.99 Å². The first-order valence-corrected chi connectivity index (χ1v) is 4.54. The van der Waals surface area contributed by atoms with Gasteiger partial charge in [0.15, 0.2) is 0 Å². The van der Waals surface area contributed by atoms with Crippen molar-refractivity contribution in [3.8, 4) is 0 Å². The van der Waals surface area contributed by atoms with Gasteiger partial charge in [-0.1, -0.05) is 0 Å². The number of amidine groups is 1. The molecule has 1 rings (SSSR count). The Hall–Kier alpha value is -1.01. The van der Waals surface area contributed by atoms with E-state index in [-0.39, 0.29) is 18.1 Å². The van der Waals surface area contributed by atoms with Gasteiger partial charge in [0.05, 0.1) is 6.10 Å². The topological polar surface area (TPSA) is 88.1 Å². The van der Waals surface area contributed by atoms with Crippen molar-refractivity contribution in [1.82, 2.24) is 0 Å². The van der Waals surface area contributed by atoms with E-state index < -0.39 is 16.7 Å². The molecule has 2 atom stereocenters. The molecule has 0 saturated heterocycles. The van der Waals surface area contributed by atoms with E-state index in [1.165, 1.54) is 0 Å². The van der Waals surface area contributed by atoms with Crippen LogP contribution in [-0.2, 0) is 0 Å². The summed E-state index contributed by atoms with van der Waals surface area (Å²) >= 11 is 5.41. The van der Waals surface area contributed by atoms with Crippen molar-refractivity contribution in [1.29, 1.82) is 0 Å². The van der Waals surface area contributed by atoms with E-state index in [4.69, 9.17) is 11.6 Å². The van der Waals surface area contributed by atoms with Crippen molar-refractivity contribution >= 4 is 23.7 Å². The highest BCUT2D eigenvalue weighted by Crippen LogP contribution is 2.23. The number of hydrogen-bond acceptors (Lipinski definition) is 5. The van der Waals surface area contributed by atoms with Gasteiger partial charge < -0.3 is 15.2 Å². The Kier molecular flexibility index (Phi) is 3.17. The van der Waals surface area contributed by atoms with Crippen LogP contribution in [0.2, 0.25) is 0 Å². The van der Waals surface area contributed by atoms with Crippen LogP contribution in [0.1, 0.15) is 13.3 Å². The normalized spacial score (nSPS) is 27.5. The summed E-state index contributed by atoms with van der Waals surface area (Å²) in [7, 11) is 0. The first kappa shape index (κ1) is 11.1. The molecule has 6 nitrogen and oxygen atoms in total. The van der Waals surface area contributed by atoms with Crippen LogP contribution in [0.25, 0.3) is 0 Å². The number of nitro groups is 1. The van der Waals surface area contributed by atoms with Crippen LogP contribution in [0.4, 0.5) is 0 Å². The highest BCUT2D eigenvalue weighted by atomic mass is 35.5. The van der Waals surface area contributed by atoms with Crippen LogP contribution >= 0.6 is 11.6 Å². The Morgan fingerprint density at radius 2 is 2.50 bits per heavy atom. The maximum atomic E-state index is 10.3. The van der Waals surface area contributed by atoms with Crippen LogP contribution in [0.3, 0.4) is 0 Å². The van der Waals surface area contributed by atoms with Crippen LogP contribution < -0.4 is 0 Å². The molecule has 1 aliphatic heterocycles. The van der Waals surface area contributed by atoms with Crippen molar-refractivity contribution in [2.45, 2.75) is 25.1 Å². The summed E-state index contributed by atoms with van der Waals surface area (Å²) in [6.07, 6.45) is 0.527. The average Bonchev–Trinajstić information content (AvgIpc) is 2.47. The first-order valence-electron chi connectivity index (χ1n) is 4.00. The largest absolute Gasteiger partial charge is 0.392 e. The predicted octanol–water partition coefficient (Wildman–Crippen LogP) is 0.452. The maximum absolute atomic E-state index is 10.3. The number of halogens is 1. The molecule has 1 unspecified atom stereocenters. The van der Waals surface area contributed by atoms with Gasteiger partial charge in [-0.15, -0.1) is 11.6 Å². The first-order chi connectivity index (χ1) is 6.47. The van der Waals surface area contributed by atoms with Crippen LogP contribution in [0.5, 0.6) is 0 Å². The van der Waals surface area contributed by atoms with Gasteiger partial charge in [0, 0.05) is 19.2 Å². The second-order valence-corrected chi connectivity index (χ2v) is 3.52. The zero-order valence-electron chi connectivity index (χ0n) is 7.55. The fourth-order valence-corrected chi connectivity index (χ4v) is 1.30. The third-order valence-electron chi connectivity index (χ3n) is 1.80. The maximum Gasteiger partial charge on any atom is 0.378 e. The Morgan fingerprint density at radius 1 is 1.86 bits per heavy atom. The quantitative estimate of drug-likeness (QED) is 0.425. The minimum Gasteiger partial charge on any atom is -0.392 e. The van der Waals surface area contributed by atoms with Crippen molar-refractivity contribution in [3.05, 3.63) is 10.1 Å². The monoisotopic (exact) mass is 219 g/mol. The van der Waals surface area contributed by atoms with Crippen LogP contribution in [0, 0.1) is 10.1 Å². The third-order valence-corrected chi connectivity index (χ3v) is 2.16. The molecule has 0 aromatic rings. The van der Waals surface area contributed by atoms with Gasteiger partial charge in [0.25, 0.3) is 0 Å².